The van der Waals surface area contributed by atoms with Crippen molar-refractivity contribution in [3.05, 3.63) is 35.4 Å². The smallest absolute Gasteiger partial charge is 0.319 e. The molecule has 1 heterocycles. The molecular formula is C15H21F3N2. The van der Waals surface area contributed by atoms with Crippen LogP contribution >= 0.6 is 0 Å². The molecule has 0 atom stereocenters. The fourth-order valence-electron chi connectivity index (χ4n) is 2.81. The summed E-state index contributed by atoms with van der Waals surface area (Å²) in [7, 11) is 1.94. The molecule has 0 spiro atoms. The highest BCUT2D eigenvalue weighted by Crippen LogP contribution is 2.32. The minimum absolute atomic E-state index is 0.382. The lowest BCUT2D eigenvalue weighted by Gasteiger charge is -2.32. The summed E-state index contributed by atoms with van der Waals surface area (Å²) in [5, 5.41) is 3.16. The standard InChI is InChI=1S/C15H21F3N2/c1-19-10-12-6-8-20(9-7-12)11-13-4-2-3-5-14(13)15(16,17)18/h2-5,12,19H,6-11H2,1H3. The molecule has 0 aliphatic carbocycles. The van der Waals surface area contributed by atoms with Crippen molar-refractivity contribution < 1.29 is 13.2 Å². The van der Waals surface area contributed by atoms with Crippen molar-refractivity contribution in [1.82, 2.24) is 10.2 Å². The third kappa shape index (κ3) is 3.96. The number of nitrogens with zero attached hydrogens (tertiary/aromatic N) is 1. The van der Waals surface area contributed by atoms with Crippen LogP contribution < -0.4 is 5.32 Å². The van der Waals surface area contributed by atoms with Crippen molar-refractivity contribution >= 4 is 0 Å². The first-order valence-corrected chi connectivity index (χ1v) is 7.02. The number of hydrogen-bond acceptors (Lipinski definition) is 2. The normalized spacial score (nSPS) is 18.4. The third-order valence-corrected chi connectivity index (χ3v) is 3.92. The van der Waals surface area contributed by atoms with Gasteiger partial charge in [-0.05, 0) is 57.1 Å². The highest BCUT2D eigenvalue weighted by atomic mass is 19.4. The van der Waals surface area contributed by atoms with Gasteiger partial charge in [0.1, 0.15) is 0 Å². The lowest BCUT2D eigenvalue weighted by Crippen LogP contribution is -2.36. The molecule has 0 bridgehead atoms. The number of alkyl halides is 3. The van der Waals surface area contributed by atoms with Crippen LogP contribution in [0.25, 0.3) is 0 Å². The molecule has 0 aromatic heterocycles. The molecule has 5 heteroatoms. The predicted octanol–water partition coefficient (Wildman–Crippen LogP) is 3.14. The van der Waals surface area contributed by atoms with E-state index in [0.717, 1.165) is 32.5 Å². The summed E-state index contributed by atoms with van der Waals surface area (Å²) < 4.78 is 38.8. The van der Waals surface area contributed by atoms with Crippen LogP contribution in [0.2, 0.25) is 0 Å². The first-order chi connectivity index (χ1) is 9.50. The van der Waals surface area contributed by atoms with E-state index in [1.54, 1.807) is 12.1 Å². The van der Waals surface area contributed by atoms with Crippen LogP contribution in [0.5, 0.6) is 0 Å². The largest absolute Gasteiger partial charge is 0.416 e. The molecule has 0 unspecified atom stereocenters. The van der Waals surface area contributed by atoms with E-state index in [1.165, 1.54) is 12.1 Å². The maximum Gasteiger partial charge on any atom is 0.416 e. The Labute approximate surface area is 118 Å². The fraction of sp³-hybridized carbons (Fsp3) is 0.600. The lowest BCUT2D eigenvalue weighted by molar-refractivity contribution is -0.138. The van der Waals surface area contributed by atoms with Gasteiger partial charge in [0.15, 0.2) is 0 Å². The van der Waals surface area contributed by atoms with Crippen LogP contribution in [0.1, 0.15) is 24.0 Å². The number of piperidine rings is 1. The number of rotatable bonds is 4. The van der Waals surface area contributed by atoms with Gasteiger partial charge in [0.2, 0.25) is 0 Å². The summed E-state index contributed by atoms with van der Waals surface area (Å²) in [5.74, 6) is 0.647. The van der Waals surface area contributed by atoms with Gasteiger partial charge in [-0.15, -0.1) is 0 Å². The molecule has 1 fully saturated rings. The van der Waals surface area contributed by atoms with E-state index < -0.39 is 11.7 Å². The van der Waals surface area contributed by atoms with Gasteiger partial charge in [-0.2, -0.15) is 13.2 Å². The molecule has 0 amide bonds. The highest BCUT2D eigenvalue weighted by Gasteiger charge is 2.33. The monoisotopic (exact) mass is 286 g/mol. The Balaban J connectivity index is 1.98. The van der Waals surface area contributed by atoms with Crippen LogP contribution in [0.4, 0.5) is 13.2 Å². The molecule has 1 saturated heterocycles. The molecule has 0 saturated carbocycles. The SMILES string of the molecule is CNCC1CCN(Cc2ccccc2C(F)(F)F)CC1. The van der Waals surface area contributed by atoms with Gasteiger partial charge < -0.3 is 5.32 Å². The van der Waals surface area contributed by atoms with E-state index in [-0.39, 0.29) is 0 Å². The summed E-state index contributed by atoms with van der Waals surface area (Å²) in [6, 6.07) is 5.88. The van der Waals surface area contributed by atoms with Crippen molar-refractivity contribution in [3.63, 3.8) is 0 Å². The maximum absolute atomic E-state index is 12.9. The third-order valence-electron chi connectivity index (χ3n) is 3.92. The van der Waals surface area contributed by atoms with Crippen molar-refractivity contribution in [2.45, 2.75) is 25.6 Å². The molecule has 2 nitrogen and oxygen atoms in total. The first kappa shape index (κ1) is 15.3. The van der Waals surface area contributed by atoms with Crippen molar-refractivity contribution in [3.8, 4) is 0 Å². The molecule has 112 valence electrons. The van der Waals surface area contributed by atoms with Gasteiger partial charge in [-0.25, -0.2) is 0 Å². The maximum atomic E-state index is 12.9. The minimum Gasteiger partial charge on any atom is -0.319 e. The molecule has 1 aliphatic heterocycles. The molecule has 1 aromatic carbocycles. The molecule has 2 rings (SSSR count). The Bertz CT molecular complexity index is 423. The van der Waals surface area contributed by atoms with Crippen molar-refractivity contribution in [1.29, 1.82) is 0 Å². The first-order valence-electron chi connectivity index (χ1n) is 7.02. The predicted molar refractivity (Wildman–Crippen MR) is 73.4 cm³/mol. The molecule has 0 radical (unpaired) electrons. The van der Waals surface area contributed by atoms with Crippen LogP contribution in [-0.2, 0) is 12.7 Å². The summed E-state index contributed by atoms with van der Waals surface area (Å²) >= 11 is 0. The number of hydrogen-bond donors (Lipinski definition) is 1. The van der Waals surface area contributed by atoms with Gasteiger partial charge in [0, 0.05) is 6.54 Å². The highest BCUT2D eigenvalue weighted by molar-refractivity contribution is 5.29. The summed E-state index contributed by atoms with van der Waals surface area (Å²) in [4.78, 5) is 2.12. The molecule has 1 aromatic rings. The Morgan fingerprint density at radius 1 is 1.20 bits per heavy atom. The molecule has 1 N–H and O–H groups in total. The number of nitrogens with one attached hydrogen (secondary N) is 1. The van der Waals surface area contributed by atoms with E-state index in [0.29, 0.717) is 18.0 Å². The van der Waals surface area contributed by atoms with Crippen LogP contribution in [0.3, 0.4) is 0 Å². The van der Waals surface area contributed by atoms with Crippen LogP contribution in [0.15, 0.2) is 24.3 Å². The number of halogens is 3. The zero-order valence-electron chi connectivity index (χ0n) is 11.7. The van der Waals surface area contributed by atoms with Crippen LogP contribution in [0, 0.1) is 5.92 Å². The van der Waals surface area contributed by atoms with Gasteiger partial charge in [0.05, 0.1) is 5.56 Å². The summed E-state index contributed by atoms with van der Waals surface area (Å²) in [5.41, 5.74) is -0.121. The van der Waals surface area contributed by atoms with E-state index in [1.807, 2.05) is 7.05 Å². The Morgan fingerprint density at radius 2 is 1.85 bits per heavy atom. The van der Waals surface area contributed by atoms with E-state index in [9.17, 15) is 13.2 Å². The molecule has 1 aliphatic rings. The van der Waals surface area contributed by atoms with E-state index in [2.05, 4.69) is 10.2 Å². The average Bonchev–Trinajstić information content (AvgIpc) is 2.41. The number of likely N-dealkylation sites (tertiary alicyclic amines) is 1. The second kappa shape index (κ2) is 6.59. The average molecular weight is 286 g/mol. The van der Waals surface area contributed by atoms with Crippen molar-refractivity contribution in [2.75, 3.05) is 26.7 Å². The molecule has 20 heavy (non-hydrogen) atoms. The number of benzene rings is 1. The van der Waals surface area contributed by atoms with Gasteiger partial charge in [-0.1, -0.05) is 18.2 Å². The lowest BCUT2D eigenvalue weighted by atomic mass is 9.96. The Hall–Kier alpha value is -1.07. The second-order valence-electron chi connectivity index (χ2n) is 5.43. The summed E-state index contributed by atoms with van der Waals surface area (Å²) in [6.45, 7) is 3.13. The quantitative estimate of drug-likeness (QED) is 0.915. The fourth-order valence-corrected chi connectivity index (χ4v) is 2.81. The summed E-state index contributed by atoms with van der Waals surface area (Å²) in [6.07, 6.45) is -2.16. The van der Waals surface area contributed by atoms with Gasteiger partial charge in [0.25, 0.3) is 0 Å². The van der Waals surface area contributed by atoms with Crippen molar-refractivity contribution in [2.24, 2.45) is 5.92 Å². The second-order valence-corrected chi connectivity index (χ2v) is 5.43. The van der Waals surface area contributed by atoms with E-state index in [4.69, 9.17) is 0 Å². The molecular weight excluding hydrogens is 265 g/mol. The Kier molecular flexibility index (Phi) is 5.05. The zero-order chi connectivity index (χ0) is 14.6. The minimum atomic E-state index is -4.26. The topological polar surface area (TPSA) is 15.3 Å². The van der Waals surface area contributed by atoms with Crippen LogP contribution in [-0.4, -0.2) is 31.6 Å². The van der Waals surface area contributed by atoms with Gasteiger partial charge in [-0.3, -0.25) is 4.90 Å². The Morgan fingerprint density at radius 3 is 2.45 bits per heavy atom. The van der Waals surface area contributed by atoms with E-state index >= 15 is 0 Å². The zero-order valence-corrected chi connectivity index (χ0v) is 11.7. The van der Waals surface area contributed by atoms with Gasteiger partial charge >= 0.3 is 6.18 Å².